The van der Waals surface area contributed by atoms with Crippen molar-refractivity contribution in [2.24, 2.45) is 0 Å². The molecule has 0 amide bonds. The monoisotopic (exact) mass is 379 g/mol. The molecule has 0 aliphatic heterocycles. The molecular formula is C12H21Cl4N3O2. The van der Waals surface area contributed by atoms with Gasteiger partial charge >= 0.3 is 0 Å². The smallest absolute Gasteiger partial charge is 0.0414 e. The largest absolute Gasteiger partial charge is 0.412 e. The van der Waals surface area contributed by atoms with E-state index in [-0.39, 0.29) is 60.6 Å². The molecule has 0 fully saturated rings. The van der Waals surface area contributed by atoms with E-state index < -0.39 is 0 Å². The molecule has 0 atom stereocenters. The molecule has 0 radical (unpaired) electrons. The maximum absolute atomic E-state index is 5.88. The van der Waals surface area contributed by atoms with E-state index in [1.165, 1.54) is 0 Å². The molecule has 0 unspecified atom stereocenters. The predicted molar refractivity (Wildman–Crippen MR) is 101 cm³/mol. The Morgan fingerprint density at radius 1 is 0.571 bits per heavy atom. The van der Waals surface area contributed by atoms with Gasteiger partial charge in [0.05, 0.1) is 0 Å². The van der Waals surface area contributed by atoms with Gasteiger partial charge in [0, 0.05) is 22.6 Å². The lowest BCUT2D eigenvalue weighted by Gasteiger charge is -2.06. The lowest BCUT2D eigenvalue weighted by Crippen LogP contribution is -1.93. The van der Waals surface area contributed by atoms with E-state index in [0.717, 1.165) is 16.8 Å². The van der Waals surface area contributed by atoms with E-state index in [1.807, 2.05) is 36.4 Å². The Morgan fingerprint density at radius 3 is 1.43 bits per heavy atom. The van der Waals surface area contributed by atoms with E-state index in [1.54, 1.807) is 6.07 Å². The van der Waals surface area contributed by atoms with Gasteiger partial charge in [-0.25, -0.2) is 0 Å². The summed E-state index contributed by atoms with van der Waals surface area (Å²) in [6.07, 6.45) is 0. The van der Waals surface area contributed by atoms with E-state index in [9.17, 15) is 0 Å². The average Bonchev–Trinajstić information content (AvgIpc) is 2.20. The highest BCUT2D eigenvalue weighted by molar-refractivity contribution is 5.86. The summed E-state index contributed by atoms with van der Waals surface area (Å²) in [7, 11) is 0. The van der Waals surface area contributed by atoms with Crippen molar-refractivity contribution in [3.05, 3.63) is 42.5 Å². The summed E-state index contributed by atoms with van der Waals surface area (Å²) in [6, 6.07) is 13.1. The van der Waals surface area contributed by atoms with Crippen molar-refractivity contribution in [3.63, 3.8) is 0 Å². The Kier molecular flexibility index (Phi) is 21.2. The van der Waals surface area contributed by atoms with Crippen LogP contribution in [0.15, 0.2) is 42.5 Å². The second-order valence-electron chi connectivity index (χ2n) is 3.47. The van der Waals surface area contributed by atoms with Gasteiger partial charge in [0.25, 0.3) is 0 Å². The molecule has 0 saturated heterocycles. The van der Waals surface area contributed by atoms with E-state index in [4.69, 9.17) is 17.2 Å². The Bertz CT molecular complexity index is 498. The number of nitrogen functional groups attached to an aromatic ring is 3. The number of anilines is 3. The minimum atomic E-state index is 0. The molecule has 9 heteroatoms. The van der Waals surface area contributed by atoms with Gasteiger partial charge in [-0.3, -0.25) is 0 Å². The Hall–Kier alpha value is -1.08. The lowest BCUT2D eigenvalue weighted by molar-refractivity contribution is 0.823. The fraction of sp³-hybridized carbons (Fsp3) is 0. The van der Waals surface area contributed by atoms with Gasteiger partial charge in [0.15, 0.2) is 0 Å². The molecule has 0 bridgehead atoms. The van der Waals surface area contributed by atoms with Crippen molar-refractivity contribution < 1.29 is 11.0 Å². The third-order valence-electron chi connectivity index (χ3n) is 2.30. The third kappa shape index (κ3) is 8.06. The third-order valence-corrected chi connectivity index (χ3v) is 2.30. The number of rotatable bonds is 1. The average molecular weight is 381 g/mol. The molecule has 0 aliphatic carbocycles. The van der Waals surface area contributed by atoms with Crippen LogP contribution in [-0.2, 0) is 0 Å². The molecule has 0 spiro atoms. The molecular weight excluding hydrogens is 360 g/mol. The molecule has 5 nitrogen and oxygen atoms in total. The Balaban J connectivity index is -0.000000142. The quantitative estimate of drug-likeness (QED) is 0.652. The van der Waals surface area contributed by atoms with Crippen LogP contribution in [0.5, 0.6) is 0 Å². The summed E-state index contributed by atoms with van der Waals surface area (Å²) in [5.74, 6) is 0. The number of halogens is 4. The molecule has 2 aromatic carbocycles. The zero-order valence-electron chi connectivity index (χ0n) is 10.9. The summed E-state index contributed by atoms with van der Waals surface area (Å²) < 4.78 is 0. The fourth-order valence-electron chi connectivity index (χ4n) is 1.51. The topological polar surface area (TPSA) is 141 Å². The molecule has 21 heavy (non-hydrogen) atoms. The molecule has 0 aliphatic rings. The van der Waals surface area contributed by atoms with Crippen LogP contribution in [-0.4, -0.2) is 11.0 Å². The molecule has 0 heterocycles. The zero-order valence-corrected chi connectivity index (χ0v) is 14.2. The fourth-order valence-corrected chi connectivity index (χ4v) is 1.51. The summed E-state index contributed by atoms with van der Waals surface area (Å²) in [5.41, 5.74) is 21.2. The minimum absolute atomic E-state index is 0. The van der Waals surface area contributed by atoms with E-state index in [2.05, 4.69) is 0 Å². The number of benzene rings is 2. The van der Waals surface area contributed by atoms with Crippen molar-refractivity contribution >= 4 is 66.7 Å². The van der Waals surface area contributed by atoms with Crippen LogP contribution in [0.25, 0.3) is 11.1 Å². The van der Waals surface area contributed by atoms with Crippen LogP contribution in [0.2, 0.25) is 0 Å². The number of hydrogen-bond donors (Lipinski definition) is 3. The van der Waals surface area contributed by atoms with Crippen molar-refractivity contribution in [2.45, 2.75) is 0 Å². The summed E-state index contributed by atoms with van der Waals surface area (Å²) in [6.45, 7) is 0. The Morgan fingerprint density at radius 2 is 1.00 bits per heavy atom. The predicted octanol–water partition coefficient (Wildman–Crippen LogP) is 2.14. The molecule has 0 aromatic heterocycles. The second kappa shape index (κ2) is 13.9. The van der Waals surface area contributed by atoms with Crippen LogP contribution in [0.1, 0.15) is 0 Å². The first-order valence-corrected chi connectivity index (χ1v) is 4.68. The molecule has 124 valence electrons. The van der Waals surface area contributed by atoms with Crippen molar-refractivity contribution in [1.29, 1.82) is 0 Å². The first-order chi connectivity index (χ1) is 7.16. The van der Waals surface area contributed by atoms with E-state index >= 15 is 0 Å². The highest BCUT2D eigenvalue weighted by Gasteiger charge is 2.02. The first kappa shape index (κ1) is 32.0. The summed E-state index contributed by atoms with van der Waals surface area (Å²) >= 11 is 0. The standard InChI is InChI=1S/C12H13N3.4ClH.2H2O/c13-9-3-1-8(2-4-9)11-6-5-10(14)7-12(11)15;;;;;;/h1-7H,13-15H2;4*1H;2*1H2. The normalized spacial score (nSPS) is 7.24. The van der Waals surface area contributed by atoms with Crippen LogP contribution in [0.4, 0.5) is 17.1 Å². The van der Waals surface area contributed by atoms with Gasteiger partial charge in [0.2, 0.25) is 0 Å². The number of nitrogens with two attached hydrogens (primary N) is 3. The van der Waals surface area contributed by atoms with Gasteiger partial charge in [-0.2, -0.15) is 0 Å². The van der Waals surface area contributed by atoms with Gasteiger partial charge in [-0.05, 0) is 29.8 Å². The van der Waals surface area contributed by atoms with E-state index in [0.29, 0.717) is 11.4 Å². The SMILES string of the molecule is Cl.Cl.Cl.Cl.Nc1ccc(-c2ccc(N)cc2N)cc1.O.O. The maximum atomic E-state index is 5.88. The van der Waals surface area contributed by atoms with Crippen molar-refractivity contribution in [2.75, 3.05) is 17.2 Å². The molecule has 2 rings (SSSR count). The van der Waals surface area contributed by atoms with Crippen LogP contribution in [0.3, 0.4) is 0 Å². The second-order valence-corrected chi connectivity index (χ2v) is 3.47. The van der Waals surface area contributed by atoms with Gasteiger partial charge < -0.3 is 28.2 Å². The van der Waals surface area contributed by atoms with Crippen LogP contribution >= 0.6 is 49.6 Å². The highest BCUT2D eigenvalue weighted by atomic mass is 35.5. The Labute approximate surface area is 148 Å². The highest BCUT2D eigenvalue weighted by Crippen LogP contribution is 2.27. The summed E-state index contributed by atoms with van der Waals surface area (Å²) in [4.78, 5) is 0. The van der Waals surface area contributed by atoms with Gasteiger partial charge in [-0.15, -0.1) is 49.6 Å². The molecule has 10 N–H and O–H groups in total. The van der Waals surface area contributed by atoms with Crippen LogP contribution in [0, 0.1) is 0 Å². The van der Waals surface area contributed by atoms with Crippen LogP contribution < -0.4 is 17.2 Å². The first-order valence-electron chi connectivity index (χ1n) is 4.68. The molecule has 2 aromatic rings. The zero-order chi connectivity index (χ0) is 10.8. The van der Waals surface area contributed by atoms with Gasteiger partial charge in [0.1, 0.15) is 0 Å². The van der Waals surface area contributed by atoms with Crippen molar-refractivity contribution in [3.8, 4) is 11.1 Å². The lowest BCUT2D eigenvalue weighted by atomic mass is 10.0. The molecule has 0 saturated carbocycles. The summed E-state index contributed by atoms with van der Waals surface area (Å²) in [5, 5.41) is 0. The minimum Gasteiger partial charge on any atom is -0.412 e. The maximum Gasteiger partial charge on any atom is 0.0414 e. The van der Waals surface area contributed by atoms with Gasteiger partial charge in [-0.1, -0.05) is 18.2 Å². The van der Waals surface area contributed by atoms with Crippen molar-refractivity contribution in [1.82, 2.24) is 0 Å². The number of hydrogen-bond acceptors (Lipinski definition) is 3.